The van der Waals surface area contributed by atoms with E-state index in [1.165, 1.54) is 18.6 Å². The standard InChI is InChI=1S/C13H10S.C5H5.C3H6.2ClH.Zr/c1-2-5-10(6-3-1)13-9-11-7-4-8-12(11)14-13;1-2-4-5-3-1;1-3-2;;;/h1-9,11H;1-3H,4H2;1-2H3;2*1H;/q;-1;;;;+2/p-2. The number of hydrogen-bond donors (Lipinski definition) is 0. The van der Waals surface area contributed by atoms with Gasteiger partial charge >= 0.3 is 41.3 Å². The molecule has 0 saturated heterocycles. The normalized spacial score (nSPS) is 17.7. The molecular formula is C21H21Cl2SZr-. The van der Waals surface area contributed by atoms with E-state index < -0.39 is 0 Å². The molecule has 25 heavy (non-hydrogen) atoms. The Kier molecular flexibility index (Phi) is 13.5. The van der Waals surface area contributed by atoms with Crippen molar-refractivity contribution < 1.29 is 49.0 Å². The second-order valence-electron chi connectivity index (χ2n) is 5.48. The molecule has 1 unspecified atom stereocenters. The maximum Gasteiger partial charge on any atom is -0.109 e. The maximum atomic E-state index is 2.99. The molecule has 1 atom stereocenters. The Morgan fingerprint density at radius 1 is 1.12 bits per heavy atom. The molecule has 1 aliphatic heterocycles. The molecule has 0 saturated carbocycles. The zero-order valence-electron chi connectivity index (χ0n) is 14.4. The van der Waals surface area contributed by atoms with Crippen molar-refractivity contribution in [1.82, 2.24) is 0 Å². The minimum Gasteiger partial charge on any atom is -1.00 e. The Morgan fingerprint density at radius 3 is 2.28 bits per heavy atom. The summed E-state index contributed by atoms with van der Waals surface area (Å²) in [6, 6.07) is 10.6. The minimum atomic E-state index is 0. The fraction of sp³-hybridized carbons (Fsp3) is 0.190. The number of rotatable bonds is 1. The summed E-state index contributed by atoms with van der Waals surface area (Å²) in [4.78, 5) is 2.86. The van der Waals surface area contributed by atoms with E-state index >= 15 is 0 Å². The predicted molar refractivity (Wildman–Crippen MR) is 101 cm³/mol. The van der Waals surface area contributed by atoms with Crippen LogP contribution in [0.2, 0.25) is 0 Å². The van der Waals surface area contributed by atoms with E-state index in [4.69, 9.17) is 0 Å². The van der Waals surface area contributed by atoms with Gasteiger partial charge in [0.25, 0.3) is 0 Å². The number of halogens is 2. The molecule has 0 N–H and O–H groups in total. The van der Waals surface area contributed by atoms with E-state index in [1.807, 2.05) is 23.9 Å². The number of thioether (sulfide) groups is 1. The van der Waals surface area contributed by atoms with Crippen molar-refractivity contribution in [2.45, 2.75) is 20.3 Å². The number of allylic oxidation sites excluding steroid dienone is 9. The number of fused-ring (bicyclic) bond motifs is 1. The molecule has 0 fully saturated rings. The molecule has 0 aromatic heterocycles. The second kappa shape index (κ2) is 13.8. The summed E-state index contributed by atoms with van der Waals surface area (Å²) in [5.74, 6) is 0.551. The zero-order chi connectivity index (χ0) is 16.5. The zero-order valence-corrected chi connectivity index (χ0v) is 19.2. The van der Waals surface area contributed by atoms with Crippen molar-refractivity contribution in [2.75, 3.05) is 0 Å². The Balaban J connectivity index is 0.000000443. The van der Waals surface area contributed by atoms with Gasteiger partial charge in [0.15, 0.2) is 0 Å². The van der Waals surface area contributed by atoms with Crippen LogP contribution in [-0.2, 0) is 24.2 Å². The summed E-state index contributed by atoms with van der Waals surface area (Å²) in [7, 11) is 0. The van der Waals surface area contributed by atoms with Gasteiger partial charge < -0.3 is 24.8 Å². The van der Waals surface area contributed by atoms with Crippen LogP contribution in [0.15, 0.2) is 77.8 Å². The van der Waals surface area contributed by atoms with Crippen molar-refractivity contribution in [3.63, 3.8) is 0 Å². The smallest absolute Gasteiger partial charge is 0.109 e. The van der Waals surface area contributed by atoms with E-state index in [2.05, 4.69) is 80.6 Å². The van der Waals surface area contributed by atoms with E-state index in [-0.39, 0.29) is 24.8 Å². The fourth-order valence-corrected chi connectivity index (χ4v) is 3.29. The average Bonchev–Trinajstić information content (AvgIpc) is 3.26. The third kappa shape index (κ3) is 9.20. The SMILES string of the molecule is C1=CC2C=C(c3ccccc3)SC2=C1.C[C](C)=[Zr+2].[C-]1=CC=CC1.[Cl-].[Cl-]. The molecule has 0 bridgehead atoms. The van der Waals surface area contributed by atoms with Crippen molar-refractivity contribution in [1.29, 1.82) is 0 Å². The molecule has 1 aromatic rings. The Labute approximate surface area is 183 Å². The van der Waals surface area contributed by atoms with Crippen LogP contribution in [0.1, 0.15) is 25.8 Å². The van der Waals surface area contributed by atoms with Crippen LogP contribution >= 0.6 is 11.8 Å². The first kappa shape index (κ1) is 24.6. The quantitative estimate of drug-likeness (QED) is 0.520. The number of hydrogen-bond acceptors (Lipinski definition) is 1. The van der Waals surface area contributed by atoms with Gasteiger partial charge in [-0.05, 0) is 5.56 Å². The first-order valence-electron chi connectivity index (χ1n) is 7.74. The molecule has 0 amide bonds. The number of benzene rings is 1. The topological polar surface area (TPSA) is 0 Å². The minimum absolute atomic E-state index is 0. The van der Waals surface area contributed by atoms with Gasteiger partial charge in [-0.15, -0.1) is 6.42 Å². The van der Waals surface area contributed by atoms with Crippen LogP contribution in [0.3, 0.4) is 0 Å². The van der Waals surface area contributed by atoms with Crippen LogP contribution in [-0.4, -0.2) is 3.21 Å². The maximum absolute atomic E-state index is 2.99. The van der Waals surface area contributed by atoms with Crippen LogP contribution in [0, 0.1) is 12.0 Å². The summed E-state index contributed by atoms with van der Waals surface area (Å²) >= 11 is 3.45. The van der Waals surface area contributed by atoms with E-state index in [0.717, 1.165) is 6.42 Å². The molecule has 1 heterocycles. The van der Waals surface area contributed by atoms with Crippen molar-refractivity contribution in [2.24, 2.45) is 5.92 Å². The second-order valence-corrected chi connectivity index (χ2v) is 9.06. The summed E-state index contributed by atoms with van der Waals surface area (Å²) in [6.45, 7) is 4.25. The average molecular weight is 468 g/mol. The molecule has 0 spiro atoms. The molecule has 4 heteroatoms. The largest absolute Gasteiger partial charge is 1.00 e. The van der Waals surface area contributed by atoms with Crippen LogP contribution in [0.5, 0.6) is 0 Å². The summed E-state index contributed by atoms with van der Waals surface area (Å²) in [5, 5.41) is 0. The Bertz CT molecular complexity index is 671. The summed E-state index contributed by atoms with van der Waals surface area (Å²) in [5.41, 5.74) is 1.33. The van der Waals surface area contributed by atoms with Crippen LogP contribution in [0.25, 0.3) is 4.91 Å². The third-order valence-electron chi connectivity index (χ3n) is 3.11. The third-order valence-corrected chi connectivity index (χ3v) is 4.35. The molecule has 2 aliphatic carbocycles. The van der Waals surface area contributed by atoms with Crippen LogP contribution < -0.4 is 24.8 Å². The molecule has 1 aromatic carbocycles. The summed E-state index contributed by atoms with van der Waals surface area (Å²) < 4.78 is 1.51. The van der Waals surface area contributed by atoms with Gasteiger partial charge in [0.05, 0.1) is 0 Å². The van der Waals surface area contributed by atoms with Crippen molar-refractivity contribution >= 4 is 19.9 Å². The molecular weight excluding hydrogens is 446 g/mol. The molecule has 4 rings (SSSR count). The van der Waals surface area contributed by atoms with Crippen LogP contribution in [0.4, 0.5) is 0 Å². The monoisotopic (exact) mass is 465 g/mol. The Morgan fingerprint density at radius 2 is 1.80 bits per heavy atom. The fourth-order valence-electron chi connectivity index (χ4n) is 2.14. The van der Waals surface area contributed by atoms with E-state index in [0.29, 0.717) is 5.92 Å². The van der Waals surface area contributed by atoms with Gasteiger partial charge in [-0.2, -0.15) is 6.08 Å². The van der Waals surface area contributed by atoms with Gasteiger partial charge in [0.1, 0.15) is 0 Å². The van der Waals surface area contributed by atoms with Gasteiger partial charge in [0.2, 0.25) is 0 Å². The summed E-state index contributed by atoms with van der Waals surface area (Å²) in [6.07, 6.45) is 18.9. The molecule has 3 aliphatic rings. The van der Waals surface area contributed by atoms with Gasteiger partial charge in [-0.1, -0.05) is 66.4 Å². The van der Waals surface area contributed by atoms with Gasteiger partial charge in [0, 0.05) is 15.7 Å². The van der Waals surface area contributed by atoms with Crippen molar-refractivity contribution in [3.8, 4) is 0 Å². The predicted octanol–water partition coefficient (Wildman–Crippen LogP) is -0.0967. The molecule has 130 valence electrons. The molecule has 0 radical (unpaired) electrons. The first-order valence-corrected chi connectivity index (χ1v) is 9.78. The van der Waals surface area contributed by atoms with Gasteiger partial charge in [-0.3, -0.25) is 6.08 Å². The first-order chi connectivity index (χ1) is 11.2. The van der Waals surface area contributed by atoms with E-state index in [1.54, 1.807) is 24.2 Å². The molecule has 0 nitrogen and oxygen atoms in total. The van der Waals surface area contributed by atoms with E-state index in [9.17, 15) is 0 Å². The Hall–Kier alpha value is -0.397. The van der Waals surface area contributed by atoms with Crippen molar-refractivity contribution in [3.05, 3.63) is 89.4 Å². The van der Waals surface area contributed by atoms with Gasteiger partial charge in [-0.25, -0.2) is 12.2 Å².